The number of nitrogens with one attached hydrogen (secondary N) is 1. The smallest absolute Gasteiger partial charge is 0.317 e. The van der Waals surface area contributed by atoms with Gasteiger partial charge in [0.05, 0.1) is 6.54 Å². The first-order valence-corrected chi connectivity index (χ1v) is 10.9. The van der Waals surface area contributed by atoms with Gasteiger partial charge in [-0.3, -0.25) is 4.79 Å². The summed E-state index contributed by atoms with van der Waals surface area (Å²) in [7, 11) is 0. The zero-order valence-corrected chi connectivity index (χ0v) is 17.8. The highest BCUT2D eigenvalue weighted by molar-refractivity contribution is 5.69. The maximum Gasteiger partial charge on any atom is 0.317 e. The van der Waals surface area contributed by atoms with Crippen LogP contribution in [-0.2, 0) is 4.79 Å². The number of hydrogen-bond donors (Lipinski definition) is 2. The Morgan fingerprint density at radius 3 is 1.62 bits per heavy atom. The number of allylic oxidation sites excluding steroid dienone is 2. The van der Waals surface area contributed by atoms with Crippen LogP contribution in [0.25, 0.3) is 0 Å². The lowest BCUT2D eigenvalue weighted by Crippen LogP contribution is -2.39. The Morgan fingerprint density at radius 2 is 1.27 bits per heavy atom. The quantitative estimate of drug-likeness (QED) is 0.383. The fraction of sp³-hybridized carbons (Fsp3) is 0.783. The van der Waals surface area contributed by atoms with Gasteiger partial charge in [-0.05, 0) is 43.3 Å². The van der Waals surface area contributed by atoms with Crippen LogP contribution >= 0.6 is 0 Å². The van der Waals surface area contributed by atoms with Crippen LogP contribution in [0.1, 0.15) is 98.8 Å². The molecular formula is C23H41NO2. The topological polar surface area (TPSA) is 49.3 Å². The third kappa shape index (κ3) is 5.22. The van der Waals surface area contributed by atoms with Crippen LogP contribution < -0.4 is 5.32 Å². The maximum atomic E-state index is 11.1. The minimum atomic E-state index is -0.765. The molecule has 1 rings (SSSR count). The van der Waals surface area contributed by atoms with Gasteiger partial charge in [0, 0.05) is 12.0 Å². The number of carboxylic acid groups (broad SMARTS) is 1. The molecule has 0 aromatic rings. The number of rotatable bonds is 14. The Bertz CT molecular complexity index is 484. The van der Waals surface area contributed by atoms with Crippen molar-refractivity contribution in [3.8, 4) is 0 Å². The van der Waals surface area contributed by atoms with E-state index in [2.05, 4.69) is 39.9 Å². The molecule has 0 atom stereocenters. The Kier molecular flexibility index (Phi) is 10.2. The maximum absolute atomic E-state index is 11.1. The van der Waals surface area contributed by atoms with Gasteiger partial charge in [-0.1, -0.05) is 77.9 Å². The van der Waals surface area contributed by atoms with E-state index in [-0.39, 0.29) is 12.0 Å². The standard InChI is InChI=1S/C23H41NO2/c1-6-11-18-19(12-7-2)21(14-9-4)23(15-10-5,20(18)13-8-3)17-24-16-22(25)26/h24H,6-17H2,1-5H3,(H,25,26). The van der Waals surface area contributed by atoms with Crippen LogP contribution in [0.2, 0.25) is 0 Å². The second kappa shape index (κ2) is 11.6. The van der Waals surface area contributed by atoms with Gasteiger partial charge in [-0.15, -0.1) is 0 Å². The molecule has 0 spiro atoms. The molecule has 150 valence electrons. The molecular weight excluding hydrogens is 322 g/mol. The molecule has 0 unspecified atom stereocenters. The molecule has 0 aromatic heterocycles. The normalized spacial score (nSPS) is 16.7. The molecule has 0 saturated heterocycles. The Morgan fingerprint density at radius 1 is 0.808 bits per heavy atom. The zero-order valence-electron chi connectivity index (χ0n) is 17.8. The molecule has 1 aliphatic carbocycles. The van der Waals surface area contributed by atoms with Gasteiger partial charge in [-0.2, -0.15) is 0 Å². The van der Waals surface area contributed by atoms with Crippen molar-refractivity contribution >= 4 is 5.97 Å². The highest BCUT2D eigenvalue weighted by Gasteiger charge is 2.43. The van der Waals surface area contributed by atoms with Crippen LogP contribution in [0, 0.1) is 5.41 Å². The molecule has 0 saturated carbocycles. The summed E-state index contributed by atoms with van der Waals surface area (Å²) in [5, 5.41) is 12.4. The number of aliphatic carboxylic acids is 1. The molecule has 3 nitrogen and oxygen atoms in total. The monoisotopic (exact) mass is 363 g/mol. The molecule has 0 aliphatic heterocycles. The third-order valence-corrected chi connectivity index (χ3v) is 5.63. The molecule has 0 aromatic carbocycles. The fourth-order valence-electron chi connectivity index (χ4n) is 4.92. The van der Waals surface area contributed by atoms with Crippen LogP contribution in [0.5, 0.6) is 0 Å². The van der Waals surface area contributed by atoms with E-state index >= 15 is 0 Å². The number of hydrogen-bond acceptors (Lipinski definition) is 2. The first-order valence-electron chi connectivity index (χ1n) is 10.9. The Balaban J connectivity index is 3.48. The van der Waals surface area contributed by atoms with Crippen molar-refractivity contribution in [1.29, 1.82) is 0 Å². The number of carboxylic acids is 1. The van der Waals surface area contributed by atoms with E-state index in [0.717, 1.165) is 45.1 Å². The van der Waals surface area contributed by atoms with Crippen molar-refractivity contribution in [1.82, 2.24) is 5.32 Å². The summed E-state index contributed by atoms with van der Waals surface area (Å²) in [6.07, 6.45) is 11.6. The van der Waals surface area contributed by atoms with E-state index in [9.17, 15) is 4.79 Å². The first kappa shape index (κ1) is 23.0. The van der Waals surface area contributed by atoms with Crippen molar-refractivity contribution in [3.63, 3.8) is 0 Å². The SMILES string of the molecule is CCCC1=C(CCC)C(CCC)(CNCC(=O)O)C(CCC)=C1CCC. The second-order valence-corrected chi connectivity index (χ2v) is 7.74. The Labute approximate surface area is 161 Å². The summed E-state index contributed by atoms with van der Waals surface area (Å²) >= 11 is 0. The highest BCUT2D eigenvalue weighted by atomic mass is 16.4. The van der Waals surface area contributed by atoms with Gasteiger partial charge in [-0.25, -0.2) is 0 Å². The van der Waals surface area contributed by atoms with Crippen molar-refractivity contribution < 1.29 is 9.90 Å². The van der Waals surface area contributed by atoms with Crippen LogP contribution in [-0.4, -0.2) is 24.2 Å². The molecule has 0 heterocycles. The first-order chi connectivity index (χ1) is 12.5. The van der Waals surface area contributed by atoms with Crippen molar-refractivity contribution in [3.05, 3.63) is 22.3 Å². The van der Waals surface area contributed by atoms with Gasteiger partial charge < -0.3 is 10.4 Å². The molecule has 26 heavy (non-hydrogen) atoms. The van der Waals surface area contributed by atoms with Crippen LogP contribution in [0.4, 0.5) is 0 Å². The summed E-state index contributed by atoms with van der Waals surface area (Å²) in [5.74, 6) is -0.765. The van der Waals surface area contributed by atoms with Gasteiger partial charge in [0.2, 0.25) is 0 Å². The third-order valence-electron chi connectivity index (χ3n) is 5.63. The summed E-state index contributed by atoms with van der Waals surface area (Å²) in [4.78, 5) is 11.1. The molecule has 3 heteroatoms. The summed E-state index contributed by atoms with van der Waals surface area (Å²) < 4.78 is 0. The van der Waals surface area contributed by atoms with Crippen molar-refractivity contribution in [2.24, 2.45) is 5.41 Å². The van der Waals surface area contributed by atoms with E-state index in [1.807, 2.05) is 0 Å². The van der Waals surface area contributed by atoms with E-state index in [4.69, 9.17) is 5.11 Å². The van der Waals surface area contributed by atoms with Gasteiger partial charge in [0.1, 0.15) is 0 Å². The average molecular weight is 364 g/mol. The van der Waals surface area contributed by atoms with E-state index in [1.54, 1.807) is 22.3 Å². The summed E-state index contributed by atoms with van der Waals surface area (Å²) in [6, 6.07) is 0. The van der Waals surface area contributed by atoms with Crippen molar-refractivity contribution in [2.75, 3.05) is 13.1 Å². The van der Waals surface area contributed by atoms with Gasteiger partial charge >= 0.3 is 5.97 Å². The van der Waals surface area contributed by atoms with E-state index < -0.39 is 5.97 Å². The molecule has 0 bridgehead atoms. The molecule has 2 N–H and O–H groups in total. The lowest BCUT2D eigenvalue weighted by molar-refractivity contribution is -0.136. The van der Waals surface area contributed by atoms with Gasteiger partial charge in [0.15, 0.2) is 0 Å². The molecule has 0 amide bonds. The highest BCUT2D eigenvalue weighted by Crippen LogP contribution is 2.55. The summed E-state index contributed by atoms with van der Waals surface area (Å²) in [5.41, 5.74) is 6.57. The average Bonchev–Trinajstić information content (AvgIpc) is 2.81. The molecule has 0 radical (unpaired) electrons. The van der Waals surface area contributed by atoms with E-state index in [0.29, 0.717) is 0 Å². The molecule has 0 fully saturated rings. The van der Waals surface area contributed by atoms with Crippen LogP contribution in [0.3, 0.4) is 0 Å². The molecule has 1 aliphatic rings. The number of carbonyl (C=O) groups is 1. The largest absolute Gasteiger partial charge is 0.480 e. The predicted molar refractivity (Wildman–Crippen MR) is 112 cm³/mol. The van der Waals surface area contributed by atoms with E-state index in [1.165, 1.54) is 25.7 Å². The minimum Gasteiger partial charge on any atom is -0.480 e. The minimum absolute atomic E-state index is 0.0469. The van der Waals surface area contributed by atoms with Crippen molar-refractivity contribution in [2.45, 2.75) is 98.8 Å². The van der Waals surface area contributed by atoms with Crippen LogP contribution in [0.15, 0.2) is 22.3 Å². The second-order valence-electron chi connectivity index (χ2n) is 7.74. The fourth-order valence-corrected chi connectivity index (χ4v) is 4.92. The predicted octanol–water partition coefficient (Wildman–Crippen LogP) is 6.25. The summed E-state index contributed by atoms with van der Waals surface area (Å²) in [6.45, 7) is 12.2. The lowest BCUT2D eigenvalue weighted by atomic mass is 9.70. The lowest BCUT2D eigenvalue weighted by Gasteiger charge is -2.37. The zero-order chi connectivity index (χ0) is 19.6. The Hall–Kier alpha value is -1.09. The van der Waals surface area contributed by atoms with Gasteiger partial charge in [0.25, 0.3) is 0 Å².